The van der Waals surface area contributed by atoms with Gasteiger partial charge in [0, 0.05) is 37.8 Å². The summed E-state index contributed by atoms with van der Waals surface area (Å²) in [6, 6.07) is 0. The van der Waals surface area contributed by atoms with Crippen molar-refractivity contribution in [3.63, 3.8) is 0 Å². The first-order valence-corrected chi connectivity index (χ1v) is 7.93. The van der Waals surface area contributed by atoms with Crippen LogP contribution in [-0.4, -0.2) is 49.8 Å². The van der Waals surface area contributed by atoms with Gasteiger partial charge in [-0.2, -0.15) is 0 Å². The Labute approximate surface area is 120 Å². The standard InChI is InChI=1S/C14H25N3OS/c1-12-16-9-14(19-12)11-17-6-3-4-13(10-17)8-15-5-7-18-2/h9,13,15H,3-8,10-11H2,1-2H3. The Bertz CT molecular complexity index is 369. The van der Waals surface area contributed by atoms with E-state index in [2.05, 4.69) is 22.1 Å². The van der Waals surface area contributed by atoms with Gasteiger partial charge in [-0.15, -0.1) is 11.3 Å². The van der Waals surface area contributed by atoms with Crippen LogP contribution in [0, 0.1) is 12.8 Å². The molecule has 1 saturated heterocycles. The number of nitrogens with one attached hydrogen (secondary N) is 1. The van der Waals surface area contributed by atoms with E-state index in [0.29, 0.717) is 0 Å². The highest BCUT2D eigenvalue weighted by atomic mass is 32.1. The smallest absolute Gasteiger partial charge is 0.0897 e. The lowest BCUT2D eigenvalue weighted by Crippen LogP contribution is -2.39. The minimum Gasteiger partial charge on any atom is -0.383 e. The third-order valence-corrected chi connectivity index (χ3v) is 4.47. The van der Waals surface area contributed by atoms with Crippen LogP contribution in [0.3, 0.4) is 0 Å². The Kier molecular flexibility index (Phi) is 6.23. The van der Waals surface area contributed by atoms with Crippen molar-refractivity contribution in [3.05, 3.63) is 16.1 Å². The minimum absolute atomic E-state index is 0.777. The fourth-order valence-corrected chi connectivity index (χ4v) is 3.48. The molecule has 2 heterocycles. The van der Waals surface area contributed by atoms with Crippen LogP contribution in [0.15, 0.2) is 6.20 Å². The highest BCUT2D eigenvalue weighted by Gasteiger charge is 2.20. The predicted octanol–water partition coefficient (Wildman–Crippen LogP) is 1.90. The van der Waals surface area contributed by atoms with Gasteiger partial charge in [0.05, 0.1) is 11.6 Å². The molecule has 1 aromatic rings. The van der Waals surface area contributed by atoms with Gasteiger partial charge in [0.25, 0.3) is 0 Å². The number of thiazole rings is 1. The number of piperidine rings is 1. The maximum atomic E-state index is 5.06. The van der Waals surface area contributed by atoms with Crippen LogP contribution in [0.2, 0.25) is 0 Å². The van der Waals surface area contributed by atoms with E-state index in [4.69, 9.17) is 4.74 Å². The molecule has 0 bridgehead atoms. The summed E-state index contributed by atoms with van der Waals surface area (Å²) in [4.78, 5) is 8.30. The van der Waals surface area contributed by atoms with Crippen molar-refractivity contribution in [1.29, 1.82) is 0 Å². The molecule has 1 fully saturated rings. The molecule has 1 N–H and O–H groups in total. The Morgan fingerprint density at radius 2 is 2.47 bits per heavy atom. The SMILES string of the molecule is COCCNCC1CCCN(Cc2cnc(C)s2)C1. The van der Waals surface area contributed by atoms with Crippen LogP contribution < -0.4 is 5.32 Å². The molecule has 1 unspecified atom stereocenters. The van der Waals surface area contributed by atoms with Crippen molar-refractivity contribution in [2.75, 3.05) is 39.9 Å². The molecule has 0 radical (unpaired) electrons. The summed E-state index contributed by atoms with van der Waals surface area (Å²) in [7, 11) is 1.75. The van der Waals surface area contributed by atoms with Crippen molar-refractivity contribution in [2.24, 2.45) is 5.92 Å². The van der Waals surface area contributed by atoms with Crippen LogP contribution in [0.5, 0.6) is 0 Å². The van der Waals surface area contributed by atoms with Gasteiger partial charge in [0.1, 0.15) is 0 Å². The number of likely N-dealkylation sites (tertiary alicyclic amines) is 1. The molecule has 1 atom stereocenters. The van der Waals surface area contributed by atoms with E-state index < -0.39 is 0 Å². The maximum absolute atomic E-state index is 5.06. The van der Waals surface area contributed by atoms with Gasteiger partial charge >= 0.3 is 0 Å². The van der Waals surface area contributed by atoms with Gasteiger partial charge in [-0.05, 0) is 38.8 Å². The fraction of sp³-hybridized carbons (Fsp3) is 0.786. The molecule has 1 aromatic heterocycles. The maximum Gasteiger partial charge on any atom is 0.0897 e. The molecule has 108 valence electrons. The van der Waals surface area contributed by atoms with E-state index >= 15 is 0 Å². The number of ether oxygens (including phenoxy) is 1. The first-order chi connectivity index (χ1) is 9.28. The molecule has 0 aromatic carbocycles. The summed E-state index contributed by atoms with van der Waals surface area (Å²) in [5.74, 6) is 0.777. The lowest BCUT2D eigenvalue weighted by Gasteiger charge is -2.32. The molecule has 5 heteroatoms. The van der Waals surface area contributed by atoms with Crippen LogP contribution >= 0.6 is 11.3 Å². The number of aromatic nitrogens is 1. The number of aryl methyl sites for hydroxylation is 1. The van der Waals surface area contributed by atoms with Gasteiger partial charge < -0.3 is 10.1 Å². The summed E-state index contributed by atoms with van der Waals surface area (Å²) in [5.41, 5.74) is 0. The molecular weight excluding hydrogens is 258 g/mol. The number of nitrogens with zero attached hydrogens (tertiary/aromatic N) is 2. The molecule has 0 amide bonds. The molecule has 4 nitrogen and oxygen atoms in total. The molecule has 0 aliphatic carbocycles. The molecule has 19 heavy (non-hydrogen) atoms. The summed E-state index contributed by atoms with van der Waals surface area (Å²) in [5, 5.41) is 4.65. The Morgan fingerprint density at radius 3 is 3.21 bits per heavy atom. The molecule has 1 aliphatic heterocycles. The highest BCUT2D eigenvalue weighted by Crippen LogP contribution is 2.20. The van der Waals surface area contributed by atoms with Crippen LogP contribution in [0.1, 0.15) is 22.7 Å². The lowest BCUT2D eigenvalue weighted by atomic mass is 9.98. The minimum atomic E-state index is 0.777. The van der Waals surface area contributed by atoms with E-state index in [1.807, 2.05) is 17.5 Å². The zero-order valence-electron chi connectivity index (χ0n) is 12.0. The predicted molar refractivity (Wildman–Crippen MR) is 79.6 cm³/mol. The average molecular weight is 283 g/mol. The third-order valence-electron chi connectivity index (χ3n) is 3.57. The quantitative estimate of drug-likeness (QED) is 0.776. The fourth-order valence-electron chi connectivity index (χ4n) is 2.64. The average Bonchev–Trinajstić information content (AvgIpc) is 2.81. The summed E-state index contributed by atoms with van der Waals surface area (Å²) >= 11 is 1.82. The van der Waals surface area contributed by atoms with E-state index in [0.717, 1.165) is 32.2 Å². The highest BCUT2D eigenvalue weighted by molar-refractivity contribution is 7.11. The summed E-state index contributed by atoms with van der Waals surface area (Å²) in [6.07, 6.45) is 4.69. The normalized spacial score (nSPS) is 20.8. The Morgan fingerprint density at radius 1 is 1.58 bits per heavy atom. The second kappa shape index (κ2) is 7.94. The number of hydrogen-bond acceptors (Lipinski definition) is 5. The van der Waals surface area contributed by atoms with Gasteiger partial charge in [-0.25, -0.2) is 4.98 Å². The van der Waals surface area contributed by atoms with Gasteiger partial charge in [0.2, 0.25) is 0 Å². The van der Waals surface area contributed by atoms with E-state index in [1.54, 1.807) is 7.11 Å². The van der Waals surface area contributed by atoms with Gasteiger partial charge in [-0.3, -0.25) is 4.90 Å². The number of hydrogen-bond donors (Lipinski definition) is 1. The monoisotopic (exact) mass is 283 g/mol. The van der Waals surface area contributed by atoms with Gasteiger partial charge in [0.15, 0.2) is 0 Å². The van der Waals surface area contributed by atoms with Crippen molar-refractivity contribution in [3.8, 4) is 0 Å². The first-order valence-electron chi connectivity index (χ1n) is 7.11. The van der Waals surface area contributed by atoms with E-state index in [-0.39, 0.29) is 0 Å². The van der Waals surface area contributed by atoms with Crippen molar-refractivity contribution >= 4 is 11.3 Å². The second-order valence-electron chi connectivity index (χ2n) is 5.29. The van der Waals surface area contributed by atoms with Gasteiger partial charge in [-0.1, -0.05) is 0 Å². The number of rotatable bonds is 7. The number of methoxy groups -OCH3 is 1. The third kappa shape index (κ3) is 5.18. The molecule has 2 rings (SSSR count). The summed E-state index contributed by atoms with van der Waals surface area (Å²) in [6.45, 7) is 8.45. The lowest BCUT2D eigenvalue weighted by molar-refractivity contribution is 0.160. The van der Waals surface area contributed by atoms with E-state index in [9.17, 15) is 0 Å². The van der Waals surface area contributed by atoms with Crippen LogP contribution in [0.4, 0.5) is 0 Å². The molecule has 0 saturated carbocycles. The molecule has 1 aliphatic rings. The zero-order chi connectivity index (χ0) is 13.5. The molecular formula is C14H25N3OS. The molecule has 0 spiro atoms. The van der Waals surface area contributed by atoms with Crippen molar-refractivity contribution < 1.29 is 4.74 Å². The second-order valence-corrected chi connectivity index (χ2v) is 6.61. The van der Waals surface area contributed by atoms with Crippen LogP contribution in [-0.2, 0) is 11.3 Å². The van der Waals surface area contributed by atoms with Crippen LogP contribution in [0.25, 0.3) is 0 Å². The Hall–Kier alpha value is -0.490. The summed E-state index contributed by atoms with van der Waals surface area (Å²) < 4.78 is 5.06. The zero-order valence-corrected chi connectivity index (χ0v) is 12.8. The van der Waals surface area contributed by atoms with Crippen molar-refractivity contribution in [1.82, 2.24) is 15.2 Å². The largest absolute Gasteiger partial charge is 0.383 e. The topological polar surface area (TPSA) is 37.4 Å². The first kappa shape index (κ1) is 14.9. The van der Waals surface area contributed by atoms with Crippen molar-refractivity contribution in [2.45, 2.75) is 26.3 Å². The van der Waals surface area contributed by atoms with E-state index in [1.165, 1.54) is 35.8 Å². The Balaban J connectivity index is 1.71.